The molecule has 3 aromatic rings. The summed E-state index contributed by atoms with van der Waals surface area (Å²) >= 11 is 0. The molecule has 8 nitrogen and oxygen atoms in total. The zero-order chi connectivity index (χ0) is 22.5. The largest absolute Gasteiger partial charge is 0.508 e. The van der Waals surface area contributed by atoms with Crippen molar-refractivity contribution in [1.29, 1.82) is 0 Å². The van der Waals surface area contributed by atoms with Gasteiger partial charge in [-0.15, -0.1) is 12.4 Å². The number of aryl methyl sites for hydroxylation is 1. The van der Waals surface area contributed by atoms with Gasteiger partial charge in [0.25, 0.3) is 0 Å². The highest BCUT2D eigenvalue weighted by atomic mass is 35.5. The second-order valence-corrected chi connectivity index (χ2v) is 8.29. The number of hydrogen-bond donors (Lipinski definition) is 3. The third kappa shape index (κ3) is 6.32. The van der Waals surface area contributed by atoms with Crippen LogP contribution in [0.15, 0.2) is 47.6 Å². The average molecular weight is 468 g/mol. The van der Waals surface area contributed by atoms with Gasteiger partial charge in [-0.05, 0) is 79.6 Å². The van der Waals surface area contributed by atoms with E-state index in [0.29, 0.717) is 23.8 Å². The zero-order valence-electron chi connectivity index (χ0n) is 19.1. The first-order valence-electron chi connectivity index (χ1n) is 10.9. The quantitative estimate of drug-likeness (QED) is 0.345. The molecule has 4 rings (SSSR count). The van der Waals surface area contributed by atoms with Crippen LogP contribution in [0.4, 0.5) is 23.5 Å². The molecule has 2 heterocycles. The highest BCUT2D eigenvalue weighted by Crippen LogP contribution is 2.25. The fraction of sp³-hybridized carbons (Fsp3) is 0.333. The van der Waals surface area contributed by atoms with Crippen molar-refractivity contribution < 1.29 is 5.11 Å². The van der Waals surface area contributed by atoms with Gasteiger partial charge in [0.05, 0.1) is 6.21 Å². The fourth-order valence-electron chi connectivity index (χ4n) is 3.55. The van der Waals surface area contributed by atoms with E-state index in [1.807, 2.05) is 12.1 Å². The first kappa shape index (κ1) is 24.3. The lowest BCUT2D eigenvalue weighted by molar-refractivity contribution is 0.434. The average Bonchev–Trinajstić information content (AvgIpc) is 2.79. The van der Waals surface area contributed by atoms with E-state index in [4.69, 9.17) is 4.98 Å². The van der Waals surface area contributed by atoms with Gasteiger partial charge in [0, 0.05) is 18.8 Å². The van der Waals surface area contributed by atoms with Gasteiger partial charge in [-0.1, -0.05) is 19.1 Å². The van der Waals surface area contributed by atoms with Gasteiger partial charge in [0.2, 0.25) is 17.8 Å². The molecule has 9 heteroatoms. The van der Waals surface area contributed by atoms with Crippen molar-refractivity contribution in [3.8, 4) is 5.75 Å². The Morgan fingerprint density at radius 2 is 1.70 bits per heavy atom. The highest BCUT2D eigenvalue weighted by Gasteiger charge is 2.20. The number of phenols is 1. The van der Waals surface area contributed by atoms with Crippen molar-refractivity contribution in [2.45, 2.75) is 33.6 Å². The normalized spacial score (nSPS) is 14.2. The number of halogens is 1. The van der Waals surface area contributed by atoms with E-state index in [0.717, 1.165) is 42.7 Å². The number of hydrazone groups is 1. The number of nitrogens with zero attached hydrogens (tertiary/aromatic N) is 5. The number of rotatable bonds is 6. The van der Waals surface area contributed by atoms with Crippen LogP contribution in [-0.2, 0) is 0 Å². The molecule has 2 aromatic carbocycles. The molecule has 1 aliphatic heterocycles. The predicted molar refractivity (Wildman–Crippen MR) is 136 cm³/mol. The molecule has 0 spiro atoms. The molecular formula is C24H30ClN7O. The van der Waals surface area contributed by atoms with Crippen LogP contribution in [0.1, 0.15) is 36.5 Å². The number of nitrogens with one attached hydrogen (secondary N) is 2. The summed E-state index contributed by atoms with van der Waals surface area (Å²) in [6.45, 7) is 8.28. The van der Waals surface area contributed by atoms with Crippen molar-refractivity contribution >= 4 is 42.2 Å². The summed E-state index contributed by atoms with van der Waals surface area (Å²) in [7, 11) is 0. The maximum Gasteiger partial charge on any atom is 0.250 e. The lowest BCUT2D eigenvalue weighted by Crippen LogP contribution is -2.34. The number of hydrogen-bond acceptors (Lipinski definition) is 8. The molecule has 0 atom stereocenters. The van der Waals surface area contributed by atoms with Crippen molar-refractivity contribution in [2.24, 2.45) is 11.0 Å². The maximum absolute atomic E-state index is 9.42. The molecule has 1 aliphatic rings. The molecule has 0 radical (unpaired) electrons. The van der Waals surface area contributed by atoms with Crippen LogP contribution in [0.5, 0.6) is 5.75 Å². The van der Waals surface area contributed by atoms with Crippen molar-refractivity contribution in [2.75, 3.05) is 28.7 Å². The molecular weight excluding hydrogens is 438 g/mol. The molecule has 0 bridgehead atoms. The van der Waals surface area contributed by atoms with E-state index >= 15 is 0 Å². The van der Waals surface area contributed by atoms with Crippen LogP contribution in [0.2, 0.25) is 0 Å². The van der Waals surface area contributed by atoms with Crippen LogP contribution in [-0.4, -0.2) is 39.4 Å². The Balaban J connectivity index is 0.00000306. The van der Waals surface area contributed by atoms with Crippen LogP contribution in [0.3, 0.4) is 0 Å². The molecule has 0 unspecified atom stereocenters. The molecule has 3 N–H and O–H groups in total. The summed E-state index contributed by atoms with van der Waals surface area (Å²) in [5, 5.41) is 17.0. The molecule has 33 heavy (non-hydrogen) atoms. The topological polar surface area (TPSA) is 98.6 Å². The maximum atomic E-state index is 9.42. The molecule has 1 aromatic heterocycles. The summed E-state index contributed by atoms with van der Waals surface area (Å²) in [4.78, 5) is 16.0. The van der Waals surface area contributed by atoms with Crippen LogP contribution in [0, 0.1) is 19.8 Å². The van der Waals surface area contributed by atoms with Crippen LogP contribution < -0.4 is 15.6 Å². The third-order valence-corrected chi connectivity index (χ3v) is 5.81. The monoisotopic (exact) mass is 467 g/mol. The summed E-state index contributed by atoms with van der Waals surface area (Å²) < 4.78 is 0. The predicted octanol–water partition coefficient (Wildman–Crippen LogP) is 5.04. The summed E-state index contributed by atoms with van der Waals surface area (Å²) in [6, 6.07) is 12.9. The van der Waals surface area contributed by atoms with Gasteiger partial charge in [-0.2, -0.15) is 20.1 Å². The first-order chi connectivity index (χ1) is 15.5. The number of benzene rings is 2. The minimum absolute atomic E-state index is 0. The SMILES string of the molecule is Cc1cccc(Nc2nc(NN=Cc3ccc(O)cc3)nc(N3CCC(C)CC3)n2)c1C.Cl. The standard InChI is InChI=1S/C24H29N7O.ClH/c1-16-11-13-31(14-12-16)24-28-22(26-21-6-4-5-17(2)18(21)3)27-23(29-24)30-25-15-19-7-9-20(32)10-8-19;/h4-10,15-16,32H,11-14H2,1-3H3,(H2,26,27,28,29,30);1H. The van der Waals surface area contributed by atoms with E-state index in [2.05, 4.69) is 57.5 Å². The van der Waals surface area contributed by atoms with Gasteiger partial charge >= 0.3 is 0 Å². The van der Waals surface area contributed by atoms with Crippen LogP contribution >= 0.6 is 12.4 Å². The Morgan fingerprint density at radius 1 is 1.00 bits per heavy atom. The molecule has 0 saturated carbocycles. The Morgan fingerprint density at radius 3 is 2.42 bits per heavy atom. The second kappa shape index (κ2) is 11.0. The third-order valence-electron chi connectivity index (χ3n) is 5.81. The number of aromatic hydroxyl groups is 1. The summed E-state index contributed by atoms with van der Waals surface area (Å²) in [6.07, 6.45) is 3.89. The molecule has 0 aliphatic carbocycles. The molecule has 1 saturated heterocycles. The minimum atomic E-state index is 0. The lowest BCUT2D eigenvalue weighted by Gasteiger charge is -2.30. The van der Waals surface area contributed by atoms with Crippen molar-refractivity contribution in [3.05, 3.63) is 59.2 Å². The molecule has 174 valence electrons. The Kier molecular flexibility index (Phi) is 8.06. The first-order valence-corrected chi connectivity index (χ1v) is 10.9. The lowest BCUT2D eigenvalue weighted by atomic mass is 10.00. The Labute approximate surface area is 200 Å². The Hall–Kier alpha value is -3.39. The summed E-state index contributed by atoms with van der Waals surface area (Å²) in [5.41, 5.74) is 7.10. The van der Waals surface area contributed by atoms with E-state index in [9.17, 15) is 5.11 Å². The van der Waals surface area contributed by atoms with E-state index < -0.39 is 0 Å². The van der Waals surface area contributed by atoms with E-state index in [1.54, 1.807) is 30.5 Å². The zero-order valence-corrected chi connectivity index (χ0v) is 19.9. The van der Waals surface area contributed by atoms with Gasteiger partial charge < -0.3 is 15.3 Å². The molecule has 0 amide bonds. The number of piperidine rings is 1. The Bertz CT molecular complexity index is 1100. The van der Waals surface area contributed by atoms with Crippen LogP contribution in [0.25, 0.3) is 0 Å². The second-order valence-electron chi connectivity index (χ2n) is 8.29. The minimum Gasteiger partial charge on any atom is -0.508 e. The number of aromatic nitrogens is 3. The van der Waals surface area contributed by atoms with E-state index in [1.165, 1.54) is 5.56 Å². The highest BCUT2D eigenvalue weighted by molar-refractivity contribution is 5.85. The van der Waals surface area contributed by atoms with Gasteiger partial charge in [0.1, 0.15) is 5.75 Å². The van der Waals surface area contributed by atoms with Crippen molar-refractivity contribution in [3.63, 3.8) is 0 Å². The van der Waals surface area contributed by atoms with E-state index in [-0.39, 0.29) is 18.2 Å². The van der Waals surface area contributed by atoms with Gasteiger partial charge in [0.15, 0.2) is 0 Å². The smallest absolute Gasteiger partial charge is 0.250 e. The number of phenolic OH excluding ortho intramolecular Hbond substituents is 1. The molecule has 1 fully saturated rings. The summed E-state index contributed by atoms with van der Waals surface area (Å²) in [5.74, 6) is 2.42. The number of anilines is 4. The van der Waals surface area contributed by atoms with Gasteiger partial charge in [-0.3, -0.25) is 0 Å². The fourth-order valence-corrected chi connectivity index (χ4v) is 3.55. The van der Waals surface area contributed by atoms with Crippen molar-refractivity contribution in [1.82, 2.24) is 15.0 Å². The van der Waals surface area contributed by atoms with Gasteiger partial charge in [-0.25, -0.2) is 5.43 Å².